The molecule has 2 rings (SSSR count). The number of hydrogen-bond donors (Lipinski definition) is 1. The highest BCUT2D eigenvalue weighted by molar-refractivity contribution is 14.0. The second-order valence-electron chi connectivity index (χ2n) is 5.61. The van der Waals surface area contributed by atoms with Crippen LogP contribution in [0.2, 0.25) is 0 Å². The number of nitrogens with one attached hydrogen (secondary N) is 1. The Morgan fingerprint density at radius 1 is 1.35 bits per heavy atom. The minimum Gasteiger partial charge on any atom is -0.489 e. The molecule has 0 aliphatic heterocycles. The van der Waals surface area contributed by atoms with Crippen LogP contribution in [0.3, 0.4) is 0 Å². The summed E-state index contributed by atoms with van der Waals surface area (Å²) in [5.74, 6) is 0.723. The number of guanidine groups is 1. The summed E-state index contributed by atoms with van der Waals surface area (Å²) in [4.78, 5) is 12.3. The summed E-state index contributed by atoms with van der Waals surface area (Å²) >= 11 is 1.67. The number of aromatic nitrogens is 1. The first-order chi connectivity index (χ1) is 12.0. The first kappa shape index (κ1) is 22.6. The van der Waals surface area contributed by atoms with Crippen molar-refractivity contribution in [2.24, 2.45) is 4.99 Å². The molecule has 0 saturated heterocycles. The number of likely N-dealkylation sites (N-methyl/N-ethyl adjacent to an activating group) is 1. The zero-order valence-electron chi connectivity index (χ0n) is 15.6. The lowest BCUT2D eigenvalue weighted by molar-refractivity contribution is 0.270. The number of aryl methyl sites for hydroxylation is 2. The molecule has 1 N–H and O–H groups in total. The molecule has 1 aromatic carbocycles. The van der Waals surface area contributed by atoms with Gasteiger partial charge in [-0.3, -0.25) is 0 Å². The first-order valence-electron chi connectivity index (χ1n) is 8.31. The van der Waals surface area contributed by atoms with E-state index in [1.165, 1.54) is 10.9 Å². The summed E-state index contributed by atoms with van der Waals surface area (Å²) in [6, 6.07) is 6.42. The highest BCUT2D eigenvalue weighted by atomic mass is 127. The van der Waals surface area contributed by atoms with Gasteiger partial charge in [0.25, 0.3) is 0 Å². The molecule has 26 heavy (non-hydrogen) atoms. The Morgan fingerprint density at radius 2 is 2.08 bits per heavy atom. The average molecular weight is 492 g/mol. The summed E-state index contributed by atoms with van der Waals surface area (Å²) in [5.41, 5.74) is 1.03. The Bertz CT molecular complexity index is 723. The molecular formula is C18H26FIN4OS. The van der Waals surface area contributed by atoms with Gasteiger partial charge < -0.3 is 15.0 Å². The molecule has 0 aliphatic carbocycles. The molecule has 8 heteroatoms. The van der Waals surface area contributed by atoms with Gasteiger partial charge in [0.15, 0.2) is 17.5 Å². The van der Waals surface area contributed by atoms with Crippen molar-refractivity contribution in [3.8, 4) is 5.75 Å². The van der Waals surface area contributed by atoms with E-state index in [-0.39, 0.29) is 35.5 Å². The van der Waals surface area contributed by atoms with Crippen LogP contribution in [0.5, 0.6) is 5.75 Å². The summed E-state index contributed by atoms with van der Waals surface area (Å²) in [6.07, 6.45) is 0. The molecule has 0 aliphatic rings. The molecule has 0 bridgehead atoms. The van der Waals surface area contributed by atoms with E-state index in [0.29, 0.717) is 19.7 Å². The number of aliphatic imine (C=N–C) groups is 1. The number of thiazole rings is 1. The van der Waals surface area contributed by atoms with E-state index in [0.717, 1.165) is 23.2 Å². The van der Waals surface area contributed by atoms with Gasteiger partial charge in [0.2, 0.25) is 0 Å². The van der Waals surface area contributed by atoms with E-state index in [9.17, 15) is 4.39 Å². The third-order valence-electron chi connectivity index (χ3n) is 3.59. The first-order valence-corrected chi connectivity index (χ1v) is 9.12. The second kappa shape index (κ2) is 11.3. The summed E-state index contributed by atoms with van der Waals surface area (Å²) in [6.45, 7) is 8.38. The van der Waals surface area contributed by atoms with Gasteiger partial charge in [-0.2, -0.15) is 0 Å². The van der Waals surface area contributed by atoms with Gasteiger partial charge in [0.1, 0.15) is 6.61 Å². The lowest BCUT2D eigenvalue weighted by Gasteiger charge is -2.22. The maximum Gasteiger partial charge on any atom is 0.194 e. The molecule has 5 nitrogen and oxygen atoms in total. The molecular weight excluding hydrogens is 466 g/mol. The van der Waals surface area contributed by atoms with Gasteiger partial charge >= 0.3 is 0 Å². The van der Waals surface area contributed by atoms with Crippen LogP contribution < -0.4 is 10.1 Å². The Labute approximate surface area is 175 Å². The van der Waals surface area contributed by atoms with Gasteiger partial charge in [-0.25, -0.2) is 14.4 Å². The van der Waals surface area contributed by atoms with E-state index >= 15 is 0 Å². The van der Waals surface area contributed by atoms with Crippen molar-refractivity contribution in [3.63, 3.8) is 0 Å². The predicted molar refractivity (Wildman–Crippen MR) is 116 cm³/mol. The Morgan fingerprint density at radius 3 is 2.69 bits per heavy atom. The van der Waals surface area contributed by atoms with E-state index in [1.54, 1.807) is 29.5 Å². The van der Waals surface area contributed by atoms with Gasteiger partial charge in [-0.15, -0.1) is 35.3 Å². The molecule has 0 unspecified atom stereocenters. The number of ether oxygens (including phenoxy) is 1. The monoisotopic (exact) mass is 492 g/mol. The van der Waals surface area contributed by atoms with E-state index in [4.69, 9.17) is 4.74 Å². The number of rotatable bonds is 7. The number of benzene rings is 1. The molecule has 0 fully saturated rings. The Hall–Kier alpha value is -1.42. The van der Waals surface area contributed by atoms with Crippen molar-refractivity contribution in [2.45, 2.75) is 27.3 Å². The quantitative estimate of drug-likeness (QED) is 0.361. The summed E-state index contributed by atoms with van der Waals surface area (Å²) in [7, 11) is 1.94. The normalized spacial score (nSPS) is 11.0. The van der Waals surface area contributed by atoms with Crippen molar-refractivity contribution in [1.29, 1.82) is 0 Å². The Balaban J connectivity index is 0.00000338. The topological polar surface area (TPSA) is 49.8 Å². The summed E-state index contributed by atoms with van der Waals surface area (Å²) < 4.78 is 19.1. The van der Waals surface area contributed by atoms with Crippen molar-refractivity contribution in [3.05, 3.63) is 45.7 Å². The van der Waals surface area contributed by atoms with Gasteiger partial charge in [0, 0.05) is 18.5 Å². The molecule has 144 valence electrons. The molecule has 2 aromatic rings. The standard InChI is InChI=1S/C18H25FN4OS.HI/c1-5-20-18(21-12-17-13(2)22-14(3)25-17)23(4)10-11-24-16-9-7-6-8-15(16)19;/h6-9H,5,10-12H2,1-4H3,(H,20,21);1H. The van der Waals surface area contributed by atoms with Crippen LogP contribution in [0.4, 0.5) is 4.39 Å². The van der Waals surface area contributed by atoms with Gasteiger partial charge in [0.05, 0.1) is 23.8 Å². The largest absolute Gasteiger partial charge is 0.489 e. The van der Waals surface area contributed by atoms with Crippen LogP contribution in [-0.2, 0) is 6.54 Å². The highest BCUT2D eigenvalue weighted by Crippen LogP contribution is 2.18. The van der Waals surface area contributed by atoms with Crippen LogP contribution in [0.25, 0.3) is 0 Å². The minimum atomic E-state index is -0.346. The van der Waals surface area contributed by atoms with Gasteiger partial charge in [-0.1, -0.05) is 12.1 Å². The highest BCUT2D eigenvalue weighted by Gasteiger charge is 2.09. The van der Waals surface area contributed by atoms with Crippen LogP contribution in [0.1, 0.15) is 22.5 Å². The third kappa shape index (κ3) is 6.71. The zero-order chi connectivity index (χ0) is 18.2. The maximum atomic E-state index is 13.6. The number of halogens is 2. The SMILES string of the molecule is CCNC(=NCc1sc(C)nc1C)N(C)CCOc1ccccc1F.I. The van der Waals surface area contributed by atoms with E-state index in [2.05, 4.69) is 15.3 Å². The maximum absolute atomic E-state index is 13.6. The fourth-order valence-corrected chi connectivity index (χ4v) is 3.16. The summed E-state index contributed by atoms with van der Waals surface area (Å²) in [5, 5.41) is 4.32. The fraction of sp³-hybridized carbons (Fsp3) is 0.444. The average Bonchev–Trinajstić information content (AvgIpc) is 2.90. The van der Waals surface area contributed by atoms with Gasteiger partial charge in [-0.05, 0) is 32.9 Å². The molecule has 0 atom stereocenters. The zero-order valence-corrected chi connectivity index (χ0v) is 18.7. The number of hydrogen-bond acceptors (Lipinski definition) is 4. The Kier molecular flexibility index (Phi) is 9.85. The van der Waals surface area contributed by atoms with Crippen LogP contribution in [0.15, 0.2) is 29.3 Å². The minimum absolute atomic E-state index is 0. The molecule has 1 heterocycles. The molecule has 0 radical (unpaired) electrons. The lowest BCUT2D eigenvalue weighted by Crippen LogP contribution is -2.40. The van der Waals surface area contributed by atoms with Crippen molar-refractivity contribution < 1.29 is 9.13 Å². The predicted octanol–water partition coefficient (Wildman–Crippen LogP) is 3.99. The van der Waals surface area contributed by atoms with Crippen molar-refractivity contribution >= 4 is 41.3 Å². The van der Waals surface area contributed by atoms with E-state index < -0.39 is 0 Å². The fourth-order valence-electron chi connectivity index (χ4n) is 2.30. The molecule has 0 amide bonds. The molecule has 0 saturated carbocycles. The molecule has 0 spiro atoms. The van der Waals surface area contributed by atoms with Crippen LogP contribution in [0, 0.1) is 19.7 Å². The van der Waals surface area contributed by atoms with E-state index in [1.807, 2.05) is 32.7 Å². The van der Waals surface area contributed by atoms with Crippen molar-refractivity contribution in [1.82, 2.24) is 15.2 Å². The number of para-hydroxylation sites is 1. The lowest BCUT2D eigenvalue weighted by atomic mass is 10.3. The third-order valence-corrected chi connectivity index (χ3v) is 4.65. The number of nitrogens with zero attached hydrogens (tertiary/aromatic N) is 3. The second-order valence-corrected chi connectivity index (χ2v) is 6.90. The van der Waals surface area contributed by atoms with Crippen LogP contribution >= 0.6 is 35.3 Å². The molecule has 1 aromatic heterocycles. The smallest absolute Gasteiger partial charge is 0.194 e. The van der Waals surface area contributed by atoms with Crippen LogP contribution in [-0.4, -0.2) is 42.6 Å². The van der Waals surface area contributed by atoms with Crippen molar-refractivity contribution in [2.75, 3.05) is 26.7 Å².